The van der Waals surface area contributed by atoms with Gasteiger partial charge in [0.1, 0.15) is 6.04 Å². The summed E-state index contributed by atoms with van der Waals surface area (Å²) in [5, 5.41) is 12.2. The van der Waals surface area contributed by atoms with Crippen LogP contribution in [-0.4, -0.2) is 48.7 Å². The molecule has 2 atom stereocenters. The van der Waals surface area contributed by atoms with Crippen molar-refractivity contribution < 1.29 is 9.90 Å². The Kier molecular flexibility index (Phi) is 2.46. The standard InChI is InChI=1S/C7H14N2O2/c1-9(2)7(11)6-5(10)3-4-8-6/h5-6,8,10H,3-4H2,1-2H3/t5?,6-/m0/s1. The van der Waals surface area contributed by atoms with Crippen molar-refractivity contribution in [2.45, 2.75) is 18.6 Å². The van der Waals surface area contributed by atoms with Crippen LogP contribution in [0, 0.1) is 0 Å². The van der Waals surface area contributed by atoms with Crippen LogP contribution in [0.1, 0.15) is 6.42 Å². The molecule has 1 aliphatic heterocycles. The Balaban J connectivity index is 2.53. The van der Waals surface area contributed by atoms with Crippen molar-refractivity contribution >= 4 is 5.91 Å². The van der Waals surface area contributed by atoms with Crippen molar-refractivity contribution in [1.82, 2.24) is 10.2 Å². The van der Waals surface area contributed by atoms with E-state index in [0.717, 1.165) is 6.54 Å². The van der Waals surface area contributed by atoms with Crippen LogP contribution >= 0.6 is 0 Å². The molecule has 0 spiro atoms. The third-order valence-electron chi connectivity index (χ3n) is 1.90. The van der Waals surface area contributed by atoms with Crippen LogP contribution in [0.2, 0.25) is 0 Å². The molecule has 4 heteroatoms. The zero-order valence-corrected chi connectivity index (χ0v) is 6.87. The van der Waals surface area contributed by atoms with Crippen molar-refractivity contribution in [2.24, 2.45) is 0 Å². The summed E-state index contributed by atoms with van der Waals surface area (Å²) in [4.78, 5) is 12.8. The maximum absolute atomic E-state index is 11.3. The number of rotatable bonds is 1. The number of amides is 1. The lowest BCUT2D eigenvalue weighted by atomic mass is 10.1. The first-order valence-electron chi connectivity index (χ1n) is 3.75. The molecule has 1 rings (SSSR count). The summed E-state index contributed by atoms with van der Waals surface area (Å²) < 4.78 is 0. The molecular formula is C7H14N2O2. The molecule has 0 saturated carbocycles. The van der Waals surface area contributed by atoms with Gasteiger partial charge in [-0.3, -0.25) is 4.79 Å². The predicted octanol–water partition coefficient (Wildman–Crippen LogP) is -1.20. The van der Waals surface area contributed by atoms with Gasteiger partial charge in [0, 0.05) is 14.1 Å². The molecule has 11 heavy (non-hydrogen) atoms. The highest BCUT2D eigenvalue weighted by atomic mass is 16.3. The molecular weight excluding hydrogens is 144 g/mol. The van der Waals surface area contributed by atoms with Crippen LogP contribution in [-0.2, 0) is 4.79 Å². The predicted molar refractivity (Wildman–Crippen MR) is 41.1 cm³/mol. The van der Waals surface area contributed by atoms with Gasteiger partial charge in [0.05, 0.1) is 6.10 Å². The molecule has 0 aromatic rings. The number of aliphatic hydroxyl groups excluding tert-OH is 1. The Morgan fingerprint density at radius 3 is 2.64 bits per heavy atom. The average Bonchev–Trinajstić information content (AvgIpc) is 2.33. The van der Waals surface area contributed by atoms with E-state index in [1.54, 1.807) is 14.1 Å². The molecule has 1 amide bonds. The van der Waals surface area contributed by atoms with Gasteiger partial charge in [-0.15, -0.1) is 0 Å². The van der Waals surface area contributed by atoms with E-state index in [2.05, 4.69) is 5.32 Å². The van der Waals surface area contributed by atoms with Crippen LogP contribution in [0.4, 0.5) is 0 Å². The molecule has 1 fully saturated rings. The molecule has 64 valence electrons. The topological polar surface area (TPSA) is 52.6 Å². The summed E-state index contributed by atoms with van der Waals surface area (Å²) in [6, 6.07) is -0.384. The highest BCUT2D eigenvalue weighted by Gasteiger charge is 2.31. The van der Waals surface area contributed by atoms with E-state index in [0.29, 0.717) is 6.42 Å². The molecule has 1 saturated heterocycles. The number of hydrogen-bond donors (Lipinski definition) is 2. The number of aliphatic hydroxyl groups is 1. The number of likely N-dealkylation sites (N-methyl/N-ethyl adjacent to an activating group) is 1. The van der Waals surface area contributed by atoms with Gasteiger partial charge in [-0.05, 0) is 13.0 Å². The summed E-state index contributed by atoms with van der Waals surface area (Å²) in [6.07, 6.45) is 0.162. The van der Waals surface area contributed by atoms with Crippen molar-refractivity contribution in [3.8, 4) is 0 Å². The molecule has 1 heterocycles. The number of nitrogens with one attached hydrogen (secondary N) is 1. The van der Waals surface area contributed by atoms with Gasteiger partial charge in [0.15, 0.2) is 0 Å². The Labute approximate surface area is 66.2 Å². The second-order valence-electron chi connectivity index (χ2n) is 3.02. The van der Waals surface area contributed by atoms with E-state index in [9.17, 15) is 9.90 Å². The van der Waals surface area contributed by atoms with Crippen molar-refractivity contribution in [3.63, 3.8) is 0 Å². The van der Waals surface area contributed by atoms with Gasteiger partial charge in [0.2, 0.25) is 5.91 Å². The maximum atomic E-state index is 11.3. The van der Waals surface area contributed by atoms with Gasteiger partial charge in [-0.1, -0.05) is 0 Å². The fourth-order valence-electron chi connectivity index (χ4n) is 1.22. The van der Waals surface area contributed by atoms with Crippen LogP contribution in [0.25, 0.3) is 0 Å². The molecule has 2 N–H and O–H groups in total. The van der Waals surface area contributed by atoms with E-state index in [-0.39, 0.29) is 11.9 Å². The van der Waals surface area contributed by atoms with Gasteiger partial charge in [-0.25, -0.2) is 0 Å². The molecule has 1 aliphatic rings. The van der Waals surface area contributed by atoms with Gasteiger partial charge in [0.25, 0.3) is 0 Å². The van der Waals surface area contributed by atoms with Crippen molar-refractivity contribution in [1.29, 1.82) is 0 Å². The summed E-state index contributed by atoms with van der Waals surface area (Å²) >= 11 is 0. The van der Waals surface area contributed by atoms with Crippen LogP contribution in [0.3, 0.4) is 0 Å². The number of nitrogens with zero attached hydrogens (tertiary/aromatic N) is 1. The van der Waals surface area contributed by atoms with Gasteiger partial charge < -0.3 is 15.3 Å². The quantitative estimate of drug-likeness (QED) is 0.504. The second kappa shape index (κ2) is 3.19. The van der Waals surface area contributed by atoms with Crippen molar-refractivity contribution in [2.75, 3.05) is 20.6 Å². The summed E-state index contributed by atoms with van der Waals surface area (Å²) in [5.74, 6) is -0.0463. The summed E-state index contributed by atoms with van der Waals surface area (Å²) in [5.41, 5.74) is 0. The first-order valence-corrected chi connectivity index (χ1v) is 3.75. The highest BCUT2D eigenvalue weighted by molar-refractivity contribution is 5.82. The lowest BCUT2D eigenvalue weighted by Gasteiger charge is -2.18. The fourth-order valence-corrected chi connectivity index (χ4v) is 1.22. The number of carbonyl (C=O) groups excluding carboxylic acids is 1. The number of carbonyl (C=O) groups is 1. The number of hydrogen-bond acceptors (Lipinski definition) is 3. The Morgan fingerprint density at radius 1 is 1.64 bits per heavy atom. The smallest absolute Gasteiger partial charge is 0.241 e. The minimum absolute atomic E-state index is 0.0463. The molecule has 0 aromatic heterocycles. The first kappa shape index (κ1) is 8.49. The van der Waals surface area contributed by atoms with E-state index >= 15 is 0 Å². The molecule has 1 unspecified atom stereocenters. The minimum atomic E-state index is -0.509. The van der Waals surface area contributed by atoms with E-state index in [4.69, 9.17) is 0 Å². The largest absolute Gasteiger partial charge is 0.391 e. The lowest BCUT2D eigenvalue weighted by molar-refractivity contribution is -0.132. The first-order chi connectivity index (χ1) is 5.13. The molecule has 0 aromatic carbocycles. The SMILES string of the molecule is CN(C)C(=O)[C@H]1NCCC1O. The van der Waals surface area contributed by atoms with E-state index in [1.165, 1.54) is 4.90 Å². The summed E-state index contributed by atoms with van der Waals surface area (Å²) in [7, 11) is 3.38. The maximum Gasteiger partial charge on any atom is 0.241 e. The Morgan fingerprint density at radius 2 is 2.27 bits per heavy atom. The zero-order valence-electron chi connectivity index (χ0n) is 6.87. The Hall–Kier alpha value is -0.610. The summed E-state index contributed by atoms with van der Waals surface area (Å²) in [6.45, 7) is 0.728. The van der Waals surface area contributed by atoms with Gasteiger partial charge >= 0.3 is 0 Å². The zero-order chi connectivity index (χ0) is 8.43. The molecule has 0 bridgehead atoms. The lowest BCUT2D eigenvalue weighted by Crippen LogP contribution is -2.45. The molecule has 0 radical (unpaired) electrons. The molecule has 4 nitrogen and oxygen atoms in total. The van der Waals surface area contributed by atoms with E-state index < -0.39 is 6.10 Å². The monoisotopic (exact) mass is 158 g/mol. The van der Waals surface area contributed by atoms with Crippen molar-refractivity contribution in [3.05, 3.63) is 0 Å². The normalized spacial score (nSPS) is 30.5. The highest BCUT2D eigenvalue weighted by Crippen LogP contribution is 2.07. The third kappa shape index (κ3) is 1.70. The van der Waals surface area contributed by atoms with E-state index in [1.807, 2.05) is 0 Å². The van der Waals surface area contributed by atoms with Crippen LogP contribution < -0.4 is 5.32 Å². The fraction of sp³-hybridized carbons (Fsp3) is 0.857. The second-order valence-corrected chi connectivity index (χ2v) is 3.02. The minimum Gasteiger partial charge on any atom is -0.391 e. The molecule has 0 aliphatic carbocycles. The van der Waals surface area contributed by atoms with Crippen LogP contribution in [0.15, 0.2) is 0 Å². The third-order valence-corrected chi connectivity index (χ3v) is 1.90. The van der Waals surface area contributed by atoms with Crippen LogP contribution in [0.5, 0.6) is 0 Å². The van der Waals surface area contributed by atoms with Gasteiger partial charge in [-0.2, -0.15) is 0 Å². The Bertz CT molecular complexity index is 159. The average molecular weight is 158 g/mol.